The Kier molecular flexibility index (Phi) is 2.43. The molecule has 0 spiro atoms. The van der Waals surface area contributed by atoms with Gasteiger partial charge in [0.1, 0.15) is 0 Å². The number of carbonyl (C=O) groups is 1. The van der Waals surface area contributed by atoms with Crippen LogP contribution in [0.25, 0.3) is 0 Å². The van der Waals surface area contributed by atoms with E-state index in [1.54, 1.807) is 0 Å². The fourth-order valence-corrected chi connectivity index (χ4v) is 2.70. The van der Waals surface area contributed by atoms with E-state index in [4.69, 9.17) is 0 Å². The van der Waals surface area contributed by atoms with Gasteiger partial charge in [-0.05, 0) is 56.9 Å². The first kappa shape index (κ1) is 9.64. The summed E-state index contributed by atoms with van der Waals surface area (Å²) in [4.78, 5) is 11.9. The Labute approximate surface area is 91.0 Å². The molecule has 1 saturated heterocycles. The number of carbonyl (C=O) groups excluding carboxylic acids is 1. The van der Waals surface area contributed by atoms with Crippen LogP contribution in [0.2, 0.25) is 0 Å². The molecular formula is C12H20N2O. The van der Waals surface area contributed by atoms with Crippen molar-refractivity contribution in [3.05, 3.63) is 0 Å². The van der Waals surface area contributed by atoms with E-state index >= 15 is 0 Å². The summed E-state index contributed by atoms with van der Waals surface area (Å²) in [7, 11) is 0. The molecule has 2 N–H and O–H groups in total. The first-order valence-electron chi connectivity index (χ1n) is 6.38. The Hall–Kier alpha value is -0.570. The smallest absolute Gasteiger partial charge is 0.237 e. The molecular weight excluding hydrogens is 188 g/mol. The Morgan fingerprint density at radius 3 is 2.27 bits per heavy atom. The number of rotatable bonds is 4. The van der Waals surface area contributed by atoms with Gasteiger partial charge in [-0.2, -0.15) is 0 Å². The molecule has 3 heteroatoms. The third kappa shape index (κ3) is 2.17. The van der Waals surface area contributed by atoms with Crippen LogP contribution in [-0.4, -0.2) is 24.5 Å². The second-order valence-electron chi connectivity index (χ2n) is 5.36. The molecule has 3 fully saturated rings. The highest BCUT2D eigenvalue weighted by molar-refractivity contribution is 5.82. The molecule has 1 aliphatic heterocycles. The first-order chi connectivity index (χ1) is 7.34. The highest BCUT2D eigenvalue weighted by Crippen LogP contribution is 2.44. The van der Waals surface area contributed by atoms with Crippen LogP contribution in [0.1, 0.15) is 38.5 Å². The third-order valence-electron chi connectivity index (χ3n) is 3.95. The van der Waals surface area contributed by atoms with Crippen LogP contribution in [0.3, 0.4) is 0 Å². The van der Waals surface area contributed by atoms with Crippen molar-refractivity contribution in [3.63, 3.8) is 0 Å². The van der Waals surface area contributed by atoms with E-state index < -0.39 is 0 Å². The number of hydrogen-bond donors (Lipinski definition) is 2. The van der Waals surface area contributed by atoms with Crippen molar-refractivity contribution in [3.8, 4) is 0 Å². The normalized spacial score (nSPS) is 30.9. The molecule has 0 aromatic rings. The Morgan fingerprint density at radius 2 is 1.80 bits per heavy atom. The minimum Gasteiger partial charge on any atom is -0.351 e. The molecule has 3 rings (SSSR count). The molecule has 0 aromatic heterocycles. The molecule has 84 valence electrons. The highest BCUT2D eigenvalue weighted by Gasteiger charge is 2.42. The molecule has 1 atom stereocenters. The van der Waals surface area contributed by atoms with Crippen molar-refractivity contribution in [1.82, 2.24) is 10.6 Å². The fraction of sp³-hybridized carbons (Fsp3) is 0.917. The molecule has 0 radical (unpaired) electrons. The SMILES string of the molecule is O=C(NC(C1CC1)C1CC1)[C@@H]1CCCN1. The van der Waals surface area contributed by atoms with Gasteiger partial charge in [-0.3, -0.25) is 4.79 Å². The number of amides is 1. The predicted octanol–water partition coefficient (Wildman–Crippen LogP) is 1.04. The van der Waals surface area contributed by atoms with E-state index in [1.807, 2.05) is 0 Å². The zero-order valence-corrected chi connectivity index (χ0v) is 9.17. The monoisotopic (exact) mass is 208 g/mol. The maximum absolute atomic E-state index is 11.9. The number of hydrogen-bond acceptors (Lipinski definition) is 2. The van der Waals surface area contributed by atoms with Gasteiger partial charge in [0.2, 0.25) is 5.91 Å². The molecule has 0 bridgehead atoms. The van der Waals surface area contributed by atoms with E-state index in [0.29, 0.717) is 6.04 Å². The predicted molar refractivity (Wildman–Crippen MR) is 58.4 cm³/mol. The first-order valence-corrected chi connectivity index (χ1v) is 6.38. The zero-order valence-electron chi connectivity index (χ0n) is 9.17. The lowest BCUT2D eigenvalue weighted by atomic mass is 10.1. The second-order valence-corrected chi connectivity index (χ2v) is 5.36. The van der Waals surface area contributed by atoms with Crippen LogP contribution in [0.4, 0.5) is 0 Å². The maximum atomic E-state index is 11.9. The van der Waals surface area contributed by atoms with Crippen LogP contribution < -0.4 is 10.6 Å². The summed E-state index contributed by atoms with van der Waals surface area (Å²) in [6, 6.07) is 0.616. The van der Waals surface area contributed by atoms with Crippen LogP contribution in [0, 0.1) is 11.8 Å². The molecule has 2 saturated carbocycles. The average molecular weight is 208 g/mol. The number of nitrogens with one attached hydrogen (secondary N) is 2. The average Bonchev–Trinajstić information content (AvgIpc) is 3.15. The van der Waals surface area contributed by atoms with Gasteiger partial charge in [-0.25, -0.2) is 0 Å². The Balaban J connectivity index is 1.55. The summed E-state index contributed by atoms with van der Waals surface area (Å²) in [5.74, 6) is 1.88. The zero-order chi connectivity index (χ0) is 10.3. The van der Waals surface area contributed by atoms with Crippen LogP contribution in [0.15, 0.2) is 0 Å². The van der Waals surface area contributed by atoms with Crippen molar-refractivity contribution in [1.29, 1.82) is 0 Å². The van der Waals surface area contributed by atoms with Gasteiger partial charge in [-0.1, -0.05) is 0 Å². The van der Waals surface area contributed by atoms with E-state index in [9.17, 15) is 4.79 Å². The van der Waals surface area contributed by atoms with Crippen LogP contribution in [0.5, 0.6) is 0 Å². The van der Waals surface area contributed by atoms with Crippen molar-refractivity contribution < 1.29 is 4.79 Å². The summed E-state index contributed by atoms with van der Waals surface area (Å²) in [5.41, 5.74) is 0. The molecule has 3 aliphatic rings. The van der Waals surface area contributed by atoms with Gasteiger partial charge in [0.05, 0.1) is 6.04 Å². The highest BCUT2D eigenvalue weighted by atomic mass is 16.2. The van der Waals surface area contributed by atoms with Crippen LogP contribution in [-0.2, 0) is 4.79 Å². The van der Waals surface area contributed by atoms with Crippen molar-refractivity contribution in [2.45, 2.75) is 50.6 Å². The van der Waals surface area contributed by atoms with Gasteiger partial charge < -0.3 is 10.6 Å². The van der Waals surface area contributed by atoms with Gasteiger partial charge >= 0.3 is 0 Å². The summed E-state index contributed by atoms with van der Waals surface area (Å²) < 4.78 is 0. The molecule has 3 nitrogen and oxygen atoms in total. The summed E-state index contributed by atoms with van der Waals surface area (Å²) >= 11 is 0. The largest absolute Gasteiger partial charge is 0.351 e. The molecule has 0 unspecified atom stereocenters. The Bertz CT molecular complexity index is 240. The summed E-state index contributed by atoms with van der Waals surface area (Å²) in [6.45, 7) is 1.01. The van der Waals surface area contributed by atoms with Gasteiger partial charge in [0.25, 0.3) is 0 Å². The standard InChI is InChI=1S/C12H20N2O/c15-12(10-2-1-7-13-10)14-11(8-3-4-8)9-5-6-9/h8-11,13H,1-7H2,(H,14,15)/t10-/m0/s1. The topological polar surface area (TPSA) is 41.1 Å². The fourth-order valence-electron chi connectivity index (χ4n) is 2.70. The lowest BCUT2D eigenvalue weighted by Gasteiger charge is -2.20. The maximum Gasteiger partial charge on any atom is 0.237 e. The molecule has 1 heterocycles. The van der Waals surface area contributed by atoms with E-state index in [0.717, 1.165) is 31.2 Å². The Morgan fingerprint density at radius 1 is 1.13 bits per heavy atom. The van der Waals surface area contributed by atoms with E-state index in [-0.39, 0.29) is 11.9 Å². The third-order valence-corrected chi connectivity index (χ3v) is 3.95. The minimum atomic E-state index is 0.102. The molecule has 0 aromatic carbocycles. The minimum absolute atomic E-state index is 0.102. The lowest BCUT2D eigenvalue weighted by Crippen LogP contribution is -2.46. The van der Waals surface area contributed by atoms with Gasteiger partial charge in [-0.15, -0.1) is 0 Å². The summed E-state index contributed by atoms with van der Waals surface area (Å²) in [6.07, 6.45) is 7.50. The van der Waals surface area contributed by atoms with E-state index in [2.05, 4.69) is 10.6 Å². The molecule has 1 amide bonds. The summed E-state index contributed by atoms with van der Waals surface area (Å²) in [5, 5.41) is 6.55. The second kappa shape index (κ2) is 3.78. The molecule has 2 aliphatic carbocycles. The lowest BCUT2D eigenvalue weighted by molar-refractivity contribution is -0.123. The van der Waals surface area contributed by atoms with Crippen molar-refractivity contribution in [2.24, 2.45) is 11.8 Å². The van der Waals surface area contributed by atoms with E-state index in [1.165, 1.54) is 25.7 Å². The quantitative estimate of drug-likeness (QED) is 0.725. The van der Waals surface area contributed by atoms with Gasteiger partial charge in [0, 0.05) is 6.04 Å². The molecule has 15 heavy (non-hydrogen) atoms. The van der Waals surface area contributed by atoms with Gasteiger partial charge in [0.15, 0.2) is 0 Å². The van der Waals surface area contributed by atoms with Crippen molar-refractivity contribution >= 4 is 5.91 Å². The van der Waals surface area contributed by atoms with Crippen molar-refractivity contribution in [2.75, 3.05) is 6.54 Å². The van der Waals surface area contributed by atoms with Crippen LogP contribution >= 0.6 is 0 Å².